The van der Waals surface area contributed by atoms with Crippen LogP contribution in [-0.2, 0) is 6.61 Å². The second kappa shape index (κ2) is 5.53. The van der Waals surface area contributed by atoms with E-state index >= 15 is 0 Å². The van der Waals surface area contributed by atoms with E-state index in [9.17, 15) is 4.79 Å². The van der Waals surface area contributed by atoms with Crippen molar-refractivity contribution in [3.63, 3.8) is 0 Å². The van der Waals surface area contributed by atoms with Crippen LogP contribution in [0.15, 0.2) is 60.8 Å². The second-order valence-corrected chi connectivity index (χ2v) is 4.46. The Labute approximate surface area is 116 Å². The van der Waals surface area contributed by atoms with E-state index in [-0.39, 0.29) is 0 Å². The summed E-state index contributed by atoms with van der Waals surface area (Å²) in [4.78, 5) is 14.5. The predicted octanol–water partition coefficient (Wildman–Crippen LogP) is 3.63. The van der Waals surface area contributed by atoms with Gasteiger partial charge >= 0.3 is 0 Å². The molecule has 98 valence electrons. The Morgan fingerprint density at radius 3 is 2.65 bits per heavy atom. The molecule has 0 radical (unpaired) electrons. The summed E-state index contributed by atoms with van der Waals surface area (Å²) in [6.07, 6.45) is 2.28. The Balaban J connectivity index is 1.81. The third-order valence-corrected chi connectivity index (χ3v) is 3.15. The summed E-state index contributed by atoms with van der Waals surface area (Å²) in [5, 5.41) is 2.38. The number of carbonyl (C=O) groups is 1. The first-order valence-corrected chi connectivity index (χ1v) is 6.37. The molecule has 0 aliphatic rings. The van der Waals surface area contributed by atoms with Crippen LogP contribution in [0, 0.1) is 0 Å². The van der Waals surface area contributed by atoms with Crippen LogP contribution >= 0.6 is 0 Å². The number of hydrogen-bond acceptors (Lipinski definition) is 3. The van der Waals surface area contributed by atoms with Gasteiger partial charge in [0.1, 0.15) is 18.1 Å². The number of carbonyl (C=O) groups excluding carboxylic acids is 1. The number of aldehydes is 1. The standard InChI is InChI=1S/C17H13NO2/c19-11-15-8-9-16(10-18-15)20-12-14-6-3-5-13-4-1-2-7-17(13)14/h1-11H,12H2. The number of rotatable bonds is 4. The average Bonchev–Trinajstić information content (AvgIpc) is 2.53. The van der Waals surface area contributed by atoms with E-state index in [1.165, 1.54) is 10.8 Å². The van der Waals surface area contributed by atoms with Gasteiger partial charge in [-0.3, -0.25) is 4.79 Å². The van der Waals surface area contributed by atoms with Crippen molar-refractivity contribution in [2.45, 2.75) is 6.61 Å². The molecule has 0 aliphatic heterocycles. The molecular formula is C17H13NO2. The molecule has 0 amide bonds. The number of ether oxygens (including phenoxy) is 1. The fourth-order valence-electron chi connectivity index (χ4n) is 2.13. The molecule has 0 N–H and O–H groups in total. The van der Waals surface area contributed by atoms with Crippen molar-refractivity contribution in [1.29, 1.82) is 0 Å². The average molecular weight is 263 g/mol. The topological polar surface area (TPSA) is 39.2 Å². The smallest absolute Gasteiger partial charge is 0.168 e. The summed E-state index contributed by atoms with van der Waals surface area (Å²) in [7, 11) is 0. The molecule has 0 saturated carbocycles. The van der Waals surface area contributed by atoms with Gasteiger partial charge in [-0.05, 0) is 28.5 Å². The first-order chi connectivity index (χ1) is 9.86. The summed E-state index contributed by atoms with van der Waals surface area (Å²) in [5.74, 6) is 0.656. The zero-order chi connectivity index (χ0) is 13.8. The van der Waals surface area contributed by atoms with Crippen molar-refractivity contribution in [3.8, 4) is 5.75 Å². The summed E-state index contributed by atoms with van der Waals surface area (Å²) < 4.78 is 5.72. The molecule has 0 aliphatic carbocycles. The minimum absolute atomic E-state index is 0.405. The van der Waals surface area contributed by atoms with Gasteiger partial charge in [0.25, 0.3) is 0 Å². The third kappa shape index (κ3) is 2.52. The summed E-state index contributed by atoms with van der Waals surface area (Å²) in [6.45, 7) is 0.476. The van der Waals surface area contributed by atoms with Gasteiger partial charge in [-0.1, -0.05) is 42.5 Å². The zero-order valence-corrected chi connectivity index (χ0v) is 10.8. The first kappa shape index (κ1) is 12.4. The molecular weight excluding hydrogens is 250 g/mol. The quantitative estimate of drug-likeness (QED) is 0.675. The van der Waals surface area contributed by atoms with Gasteiger partial charge in [-0.25, -0.2) is 4.98 Å². The summed E-state index contributed by atoms with van der Waals surface area (Å²) >= 11 is 0. The van der Waals surface area contributed by atoms with E-state index in [1.54, 1.807) is 18.3 Å². The third-order valence-electron chi connectivity index (χ3n) is 3.15. The monoisotopic (exact) mass is 263 g/mol. The highest BCUT2D eigenvalue weighted by Crippen LogP contribution is 2.20. The minimum atomic E-state index is 0.405. The van der Waals surface area contributed by atoms with E-state index in [1.807, 2.05) is 18.2 Å². The van der Waals surface area contributed by atoms with Gasteiger partial charge in [0.05, 0.1) is 6.20 Å². The maximum atomic E-state index is 10.5. The SMILES string of the molecule is O=Cc1ccc(OCc2cccc3ccccc23)cn1. The fraction of sp³-hybridized carbons (Fsp3) is 0.0588. The number of pyridine rings is 1. The molecule has 1 heterocycles. The molecule has 20 heavy (non-hydrogen) atoms. The van der Waals surface area contributed by atoms with Crippen LogP contribution in [0.2, 0.25) is 0 Å². The van der Waals surface area contributed by atoms with Crippen LogP contribution in [0.1, 0.15) is 16.1 Å². The molecule has 1 aromatic heterocycles. The molecule has 2 aromatic carbocycles. The highest BCUT2D eigenvalue weighted by molar-refractivity contribution is 5.85. The van der Waals surface area contributed by atoms with Crippen LogP contribution in [0.3, 0.4) is 0 Å². The molecule has 0 saturated heterocycles. The van der Waals surface area contributed by atoms with Crippen molar-refractivity contribution < 1.29 is 9.53 Å². The fourth-order valence-corrected chi connectivity index (χ4v) is 2.13. The Morgan fingerprint density at radius 1 is 1.00 bits per heavy atom. The second-order valence-electron chi connectivity index (χ2n) is 4.46. The van der Waals surface area contributed by atoms with Crippen LogP contribution in [0.5, 0.6) is 5.75 Å². The zero-order valence-electron chi connectivity index (χ0n) is 10.8. The molecule has 0 unspecified atom stereocenters. The summed E-state index contributed by atoms with van der Waals surface area (Å²) in [5.41, 5.74) is 1.53. The van der Waals surface area contributed by atoms with Gasteiger partial charge in [-0.15, -0.1) is 0 Å². The molecule has 0 atom stereocenters. The van der Waals surface area contributed by atoms with E-state index in [0.717, 1.165) is 5.56 Å². The lowest BCUT2D eigenvalue weighted by Crippen LogP contribution is -1.97. The Hall–Kier alpha value is -2.68. The van der Waals surface area contributed by atoms with Gasteiger partial charge in [-0.2, -0.15) is 0 Å². The largest absolute Gasteiger partial charge is 0.487 e. The number of fused-ring (bicyclic) bond motifs is 1. The molecule has 0 bridgehead atoms. The molecule has 3 nitrogen and oxygen atoms in total. The maximum absolute atomic E-state index is 10.5. The normalized spacial score (nSPS) is 10.4. The van der Waals surface area contributed by atoms with Crippen molar-refractivity contribution >= 4 is 17.1 Å². The van der Waals surface area contributed by atoms with Crippen LogP contribution in [0.4, 0.5) is 0 Å². The molecule has 3 aromatic rings. The van der Waals surface area contributed by atoms with Gasteiger partial charge in [0, 0.05) is 0 Å². The van der Waals surface area contributed by atoms with Crippen molar-refractivity contribution in [3.05, 3.63) is 72.1 Å². The van der Waals surface area contributed by atoms with Crippen LogP contribution in [-0.4, -0.2) is 11.3 Å². The first-order valence-electron chi connectivity index (χ1n) is 6.37. The van der Waals surface area contributed by atoms with Crippen LogP contribution in [0.25, 0.3) is 10.8 Å². The number of nitrogens with zero attached hydrogens (tertiary/aromatic N) is 1. The Bertz CT molecular complexity index is 730. The highest BCUT2D eigenvalue weighted by Gasteiger charge is 2.02. The van der Waals surface area contributed by atoms with E-state index in [2.05, 4.69) is 29.2 Å². The summed E-state index contributed by atoms with van der Waals surface area (Å²) in [6, 6.07) is 17.8. The van der Waals surface area contributed by atoms with Gasteiger partial charge in [0.2, 0.25) is 0 Å². The van der Waals surface area contributed by atoms with E-state index in [0.29, 0.717) is 24.3 Å². The molecule has 3 rings (SSSR count). The number of hydrogen-bond donors (Lipinski definition) is 0. The predicted molar refractivity (Wildman–Crippen MR) is 77.9 cm³/mol. The highest BCUT2D eigenvalue weighted by atomic mass is 16.5. The lowest BCUT2D eigenvalue weighted by molar-refractivity contribution is 0.111. The number of aromatic nitrogens is 1. The van der Waals surface area contributed by atoms with E-state index in [4.69, 9.17) is 4.74 Å². The Morgan fingerprint density at radius 2 is 1.85 bits per heavy atom. The Kier molecular flexibility index (Phi) is 3.42. The van der Waals surface area contributed by atoms with Gasteiger partial charge in [0.15, 0.2) is 6.29 Å². The minimum Gasteiger partial charge on any atom is -0.487 e. The number of benzene rings is 2. The molecule has 3 heteroatoms. The van der Waals surface area contributed by atoms with Crippen molar-refractivity contribution in [1.82, 2.24) is 4.98 Å². The van der Waals surface area contributed by atoms with Crippen molar-refractivity contribution in [2.24, 2.45) is 0 Å². The van der Waals surface area contributed by atoms with Gasteiger partial charge < -0.3 is 4.74 Å². The van der Waals surface area contributed by atoms with Crippen LogP contribution < -0.4 is 4.74 Å². The lowest BCUT2D eigenvalue weighted by atomic mass is 10.1. The van der Waals surface area contributed by atoms with Crippen molar-refractivity contribution in [2.75, 3.05) is 0 Å². The lowest BCUT2D eigenvalue weighted by Gasteiger charge is -2.08. The maximum Gasteiger partial charge on any atom is 0.168 e. The molecule has 0 fully saturated rings. The van der Waals surface area contributed by atoms with E-state index < -0.39 is 0 Å². The molecule has 0 spiro atoms.